The summed E-state index contributed by atoms with van der Waals surface area (Å²) in [6, 6.07) is 12.7. The Hall–Kier alpha value is -2.04. The second kappa shape index (κ2) is 7.69. The average Bonchev–Trinajstić information content (AvgIpc) is 2.63. The molecule has 128 valence electrons. The lowest BCUT2D eigenvalue weighted by atomic mass is 9.96. The Morgan fingerprint density at radius 1 is 1.04 bits per heavy atom. The van der Waals surface area contributed by atoms with Crippen LogP contribution in [0.1, 0.15) is 11.1 Å². The molecule has 4 nitrogen and oxygen atoms in total. The first kappa shape index (κ1) is 16.8. The predicted octanol–water partition coefficient (Wildman–Crippen LogP) is 3.65. The maximum absolute atomic E-state index is 5.49. The third kappa shape index (κ3) is 3.55. The third-order valence-corrected chi connectivity index (χ3v) is 4.47. The molecule has 1 aliphatic rings. The minimum atomic E-state index is 0.603. The fourth-order valence-electron chi connectivity index (χ4n) is 3.22. The van der Waals surface area contributed by atoms with Crippen molar-refractivity contribution in [2.75, 3.05) is 45.4 Å². The van der Waals surface area contributed by atoms with E-state index in [-0.39, 0.29) is 0 Å². The lowest BCUT2D eigenvalue weighted by molar-refractivity contribution is 0.122. The van der Waals surface area contributed by atoms with E-state index in [4.69, 9.17) is 14.2 Å². The average molecular weight is 327 g/mol. The van der Waals surface area contributed by atoms with Gasteiger partial charge >= 0.3 is 0 Å². The molecular formula is C20H25NO3. The van der Waals surface area contributed by atoms with Gasteiger partial charge in [-0.15, -0.1) is 0 Å². The molecule has 0 atom stereocenters. The van der Waals surface area contributed by atoms with Crippen LogP contribution in [-0.2, 0) is 16.1 Å². The number of hydrogen-bond acceptors (Lipinski definition) is 4. The maximum atomic E-state index is 5.49. The number of methoxy groups -OCH3 is 2. The zero-order valence-electron chi connectivity index (χ0n) is 14.7. The molecule has 0 saturated carbocycles. The van der Waals surface area contributed by atoms with Gasteiger partial charge in [0.15, 0.2) is 0 Å². The Kier molecular flexibility index (Phi) is 5.38. The predicted molar refractivity (Wildman–Crippen MR) is 96.9 cm³/mol. The summed E-state index contributed by atoms with van der Waals surface area (Å²) in [4.78, 5) is 2.41. The SMILES string of the molecule is COCc1cc(C)c(N2CCOCC2)cc1-c1ccc(OC)cc1. The molecule has 0 radical (unpaired) electrons. The normalized spacial score (nSPS) is 14.7. The van der Waals surface area contributed by atoms with Gasteiger partial charge in [0.2, 0.25) is 0 Å². The van der Waals surface area contributed by atoms with Crippen LogP contribution >= 0.6 is 0 Å². The van der Waals surface area contributed by atoms with Gasteiger partial charge in [0.25, 0.3) is 0 Å². The summed E-state index contributed by atoms with van der Waals surface area (Å²) < 4.78 is 16.2. The molecule has 4 heteroatoms. The van der Waals surface area contributed by atoms with E-state index in [1.807, 2.05) is 12.1 Å². The van der Waals surface area contributed by atoms with E-state index in [0.29, 0.717) is 6.61 Å². The number of aryl methyl sites for hydroxylation is 1. The van der Waals surface area contributed by atoms with E-state index in [9.17, 15) is 0 Å². The Morgan fingerprint density at radius 2 is 1.75 bits per heavy atom. The molecule has 0 aromatic heterocycles. The molecule has 0 spiro atoms. The molecule has 24 heavy (non-hydrogen) atoms. The van der Waals surface area contributed by atoms with Gasteiger partial charge < -0.3 is 19.1 Å². The molecular weight excluding hydrogens is 302 g/mol. The van der Waals surface area contributed by atoms with Gasteiger partial charge in [0, 0.05) is 25.9 Å². The number of ether oxygens (including phenoxy) is 3. The van der Waals surface area contributed by atoms with Crippen LogP contribution in [-0.4, -0.2) is 40.5 Å². The fraction of sp³-hybridized carbons (Fsp3) is 0.400. The highest BCUT2D eigenvalue weighted by molar-refractivity contribution is 5.74. The van der Waals surface area contributed by atoms with E-state index in [1.54, 1.807) is 14.2 Å². The number of benzene rings is 2. The van der Waals surface area contributed by atoms with Gasteiger partial charge in [0.1, 0.15) is 5.75 Å². The minimum absolute atomic E-state index is 0.603. The zero-order valence-corrected chi connectivity index (χ0v) is 14.7. The molecule has 0 bridgehead atoms. The quantitative estimate of drug-likeness (QED) is 0.839. The lowest BCUT2D eigenvalue weighted by Gasteiger charge is -2.31. The van der Waals surface area contributed by atoms with E-state index in [1.165, 1.54) is 27.9 Å². The number of morpholine rings is 1. The molecule has 1 saturated heterocycles. The first-order valence-corrected chi connectivity index (χ1v) is 8.32. The summed E-state index contributed by atoms with van der Waals surface area (Å²) >= 11 is 0. The van der Waals surface area contributed by atoms with Crippen molar-refractivity contribution >= 4 is 5.69 Å². The van der Waals surface area contributed by atoms with Crippen LogP contribution in [0.25, 0.3) is 11.1 Å². The molecule has 1 heterocycles. The molecule has 3 rings (SSSR count). The minimum Gasteiger partial charge on any atom is -0.497 e. The summed E-state index contributed by atoms with van der Waals surface area (Å²) in [6.45, 7) is 6.22. The van der Waals surface area contributed by atoms with Crippen molar-refractivity contribution in [3.63, 3.8) is 0 Å². The standard InChI is InChI=1S/C20H25NO3/c1-15-12-17(14-22-2)19(16-4-6-18(23-3)7-5-16)13-20(15)21-8-10-24-11-9-21/h4-7,12-13H,8-11,14H2,1-3H3. The van der Waals surface area contributed by atoms with Crippen LogP contribution in [0, 0.1) is 6.92 Å². The van der Waals surface area contributed by atoms with Crippen LogP contribution in [0.4, 0.5) is 5.69 Å². The molecule has 0 unspecified atom stereocenters. The fourth-order valence-corrected chi connectivity index (χ4v) is 3.22. The maximum Gasteiger partial charge on any atom is 0.118 e. The van der Waals surface area contributed by atoms with Crippen molar-refractivity contribution in [3.8, 4) is 16.9 Å². The number of anilines is 1. The molecule has 1 fully saturated rings. The molecule has 2 aromatic rings. The van der Waals surface area contributed by atoms with Crippen LogP contribution in [0.5, 0.6) is 5.75 Å². The number of rotatable bonds is 5. The van der Waals surface area contributed by atoms with Gasteiger partial charge in [-0.3, -0.25) is 0 Å². The number of hydrogen-bond donors (Lipinski definition) is 0. The van der Waals surface area contributed by atoms with E-state index >= 15 is 0 Å². The largest absolute Gasteiger partial charge is 0.497 e. The van der Waals surface area contributed by atoms with Gasteiger partial charge in [-0.2, -0.15) is 0 Å². The van der Waals surface area contributed by atoms with Gasteiger partial charge in [-0.05, 0) is 47.4 Å². The highest BCUT2D eigenvalue weighted by atomic mass is 16.5. The lowest BCUT2D eigenvalue weighted by Crippen LogP contribution is -2.36. The first-order chi connectivity index (χ1) is 11.7. The Morgan fingerprint density at radius 3 is 2.38 bits per heavy atom. The van der Waals surface area contributed by atoms with Crippen molar-refractivity contribution in [2.24, 2.45) is 0 Å². The van der Waals surface area contributed by atoms with Gasteiger partial charge in [-0.25, -0.2) is 0 Å². The summed E-state index contributed by atoms with van der Waals surface area (Å²) in [5.41, 5.74) is 6.16. The number of nitrogens with zero attached hydrogens (tertiary/aromatic N) is 1. The molecule has 2 aromatic carbocycles. The summed E-state index contributed by atoms with van der Waals surface area (Å²) in [7, 11) is 3.43. The molecule has 1 aliphatic heterocycles. The van der Waals surface area contributed by atoms with E-state index < -0.39 is 0 Å². The Bertz CT molecular complexity index is 676. The first-order valence-electron chi connectivity index (χ1n) is 8.32. The summed E-state index contributed by atoms with van der Waals surface area (Å²) in [5, 5.41) is 0. The molecule has 0 N–H and O–H groups in total. The molecule has 0 amide bonds. The van der Waals surface area contributed by atoms with Crippen molar-refractivity contribution in [3.05, 3.63) is 47.5 Å². The van der Waals surface area contributed by atoms with Crippen molar-refractivity contribution < 1.29 is 14.2 Å². The summed E-state index contributed by atoms with van der Waals surface area (Å²) in [5.74, 6) is 0.868. The van der Waals surface area contributed by atoms with Crippen molar-refractivity contribution in [2.45, 2.75) is 13.5 Å². The topological polar surface area (TPSA) is 30.9 Å². The Labute approximate surface area is 144 Å². The molecule has 0 aliphatic carbocycles. The van der Waals surface area contributed by atoms with Crippen LogP contribution in [0.2, 0.25) is 0 Å². The monoisotopic (exact) mass is 327 g/mol. The van der Waals surface area contributed by atoms with E-state index in [0.717, 1.165) is 32.1 Å². The Balaban J connectivity index is 2.03. The van der Waals surface area contributed by atoms with Crippen LogP contribution < -0.4 is 9.64 Å². The van der Waals surface area contributed by atoms with Crippen LogP contribution in [0.3, 0.4) is 0 Å². The second-order valence-electron chi connectivity index (χ2n) is 6.06. The van der Waals surface area contributed by atoms with Gasteiger partial charge in [0.05, 0.1) is 26.9 Å². The van der Waals surface area contributed by atoms with Crippen LogP contribution in [0.15, 0.2) is 36.4 Å². The van der Waals surface area contributed by atoms with E-state index in [2.05, 4.69) is 36.1 Å². The smallest absolute Gasteiger partial charge is 0.118 e. The summed E-state index contributed by atoms with van der Waals surface area (Å²) in [6.07, 6.45) is 0. The van der Waals surface area contributed by atoms with Gasteiger partial charge in [-0.1, -0.05) is 18.2 Å². The highest BCUT2D eigenvalue weighted by Crippen LogP contribution is 2.33. The van der Waals surface area contributed by atoms with Crippen molar-refractivity contribution in [1.82, 2.24) is 0 Å². The third-order valence-electron chi connectivity index (χ3n) is 4.47. The zero-order chi connectivity index (χ0) is 16.9. The second-order valence-corrected chi connectivity index (χ2v) is 6.06. The highest BCUT2D eigenvalue weighted by Gasteiger charge is 2.16. The van der Waals surface area contributed by atoms with Crippen molar-refractivity contribution in [1.29, 1.82) is 0 Å².